The number of hydrogen-bond donors (Lipinski definition) is 6. The van der Waals surface area contributed by atoms with Crippen LogP contribution >= 0.6 is 0 Å². The largest absolute Gasteiger partial charge is 0.481 e. The van der Waals surface area contributed by atoms with Crippen LogP contribution in [0.2, 0.25) is 0 Å². The van der Waals surface area contributed by atoms with Gasteiger partial charge >= 0.3 is 11.9 Å². The molecule has 0 aliphatic rings. The standard InChI is InChI=1S/C16H25N5O6/c1-8(2)3-12(16(26)27)21-15(25)11(4-9-6-18-7-19-9)20-14(24)10(17)5-13(22)23/h6-8,10-12H,3-5,17H2,1-2H3,(H,18,19)(H,20,24)(H,21,25)(H,22,23)(H,26,27). The van der Waals surface area contributed by atoms with E-state index in [2.05, 4.69) is 20.6 Å². The van der Waals surface area contributed by atoms with Crippen LogP contribution < -0.4 is 16.4 Å². The quantitative estimate of drug-likeness (QED) is 0.276. The molecule has 1 rings (SSSR count). The number of nitrogens with two attached hydrogens (primary N) is 1. The van der Waals surface area contributed by atoms with Crippen LogP contribution in [0.1, 0.15) is 32.4 Å². The minimum absolute atomic E-state index is 0.00534. The van der Waals surface area contributed by atoms with Crippen molar-refractivity contribution in [3.05, 3.63) is 18.2 Å². The van der Waals surface area contributed by atoms with Crippen molar-refractivity contribution in [2.45, 2.75) is 51.2 Å². The highest BCUT2D eigenvalue weighted by molar-refractivity contribution is 5.93. The Hall–Kier alpha value is -2.95. The van der Waals surface area contributed by atoms with Crippen LogP contribution in [0.25, 0.3) is 0 Å². The molecular formula is C16H25N5O6. The third-order valence-corrected chi connectivity index (χ3v) is 3.66. The second-order valence-electron chi connectivity index (χ2n) is 6.58. The first-order chi connectivity index (χ1) is 12.6. The van der Waals surface area contributed by atoms with Gasteiger partial charge in [-0.25, -0.2) is 9.78 Å². The molecule has 150 valence electrons. The molecular weight excluding hydrogens is 358 g/mol. The molecule has 0 saturated heterocycles. The summed E-state index contributed by atoms with van der Waals surface area (Å²) in [4.78, 5) is 53.3. The first kappa shape index (κ1) is 22.1. The topological polar surface area (TPSA) is 187 Å². The molecule has 0 spiro atoms. The Morgan fingerprint density at radius 2 is 1.78 bits per heavy atom. The number of aromatic amines is 1. The molecule has 11 nitrogen and oxygen atoms in total. The van der Waals surface area contributed by atoms with Gasteiger partial charge in [0, 0.05) is 18.3 Å². The number of H-pyrrole nitrogens is 1. The summed E-state index contributed by atoms with van der Waals surface area (Å²) in [5.74, 6) is -3.96. The summed E-state index contributed by atoms with van der Waals surface area (Å²) in [6.07, 6.45) is 2.46. The lowest BCUT2D eigenvalue weighted by Crippen LogP contribution is -2.55. The van der Waals surface area contributed by atoms with E-state index >= 15 is 0 Å². The van der Waals surface area contributed by atoms with E-state index in [-0.39, 0.29) is 18.8 Å². The van der Waals surface area contributed by atoms with Gasteiger partial charge in [-0.15, -0.1) is 0 Å². The van der Waals surface area contributed by atoms with Gasteiger partial charge in [0.2, 0.25) is 11.8 Å². The van der Waals surface area contributed by atoms with E-state index in [1.54, 1.807) is 0 Å². The summed E-state index contributed by atoms with van der Waals surface area (Å²) in [7, 11) is 0. The number of amides is 2. The van der Waals surface area contributed by atoms with E-state index in [0.717, 1.165) is 0 Å². The van der Waals surface area contributed by atoms with Crippen LogP contribution in [-0.2, 0) is 25.6 Å². The molecule has 2 amide bonds. The summed E-state index contributed by atoms with van der Waals surface area (Å²) in [6.45, 7) is 3.63. The Balaban J connectivity index is 2.89. The van der Waals surface area contributed by atoms with Crippen molar-refractivity contribution in [2.24, 2.45) is 11.7 Å². The molecule has 0 radical (unpaired) electrons. The number of hydrogen-bond acceptors (Lipinski definition) is 6. The minimum Gasteiger partial charge on any atom is -0.481 e. The Bertz CT molecular complexity index is 660. The van der Waals surface area contributed by atoms with Gasteiger partial charge in [-0.1, -0.05) is 13.8 Å². The summed E-state index contributed by atoms with van der Waals surface area (Å²) in [6, 6.07) is -3.61. The number of aromatic nitrogens is 2. The van der Waals surface area contributed by atoms with Crippen LogP contribution in [0.15, 0.2) is 12.5 Å². The van der Waals surface area contributed by atoms with Gasteiger partial charge in [0.25, 0.3) is 0 Å². The molecule has 0 bridgehead atoms. The van der Waals surface area contributed by atoms with Gasteiger partial charge in [0.15, 0.2) is 0 Å². The maximum Gasteiger partial charge on any atom is 0.326 e. The number of aliphatic carboxylic acids is 2. The molecule has 1 heterocycles. The number of carboxylic acid groups (broad SMARTS) is 2. The number of carbonyl (C=O) groups is 4. The van der Waals surface area contributed by atoms with Crippen LogP contribution in [0, 0.1) is 5.92 Å². The first-order valence-corrected chi connectivity index (χ1v) is 8.38. The van der Waals surface area contributed by atoms with E-state index in [1.165, 1.54) is 12.5 Å². The fourth-order valence-electron chi connectivity index (χ4n) is 2.35. The zero-order valence-corrected chi connectivity index (χ0v) is 15.1. The van der Waals surface area contributed by atoms with Gasteiger partial charge in [-0.3, -0.25) is 14.4 Å². The Labute approximate surface area is 155 Å². The number of imidazole rings is 1. The maximum atomic E-state index is 12.6. The molecule has 1 aromatic heterocycles. The molecule has 0 fully saturated rings. The van der Waals surface area contributed by atoms with Gasteiger partial charge < -0.3 is 31.6 Å². The molecule has 0 aliphatic carbocycles. The average molecular weight is 383 g/mol. The second-order valence-corrected chi connectivity index (χ2v) is 6.58. The van der Waals surface area contributed by atoms with Crippen LogP contribution in [0.3, 0.4) is 0 Å². The Kier molecular flexibility index (Phi) is 8.39. The van der Waals surface area contributed by atoms with Gasteiger partial charge in [-0.2, -0.15) is 0 Å². The lowest BCUT2D eigenvalue weighted by atomic mass is 10.0. The van der Waals surface area contributed by atoms with Gasteiger partial charge in [-0.05, 0) is 12.3 Å². The van der Waals surface area contributed by atoms with Crippen molar-refractivity contribution in [1.82, 2.24) is 20.6 Å². The lowest BCUT2D eigenvalue weighted by Gasteiger charge is -2.23. The Morgan fingerprint density at radius 1 is 1.15 bits per heavy atom. The summed E-state index contributed by atoms with van der Waals surface area (Å²) in [5.41, 5.74) is 6.04. The monoisotopic (exact) mass is 383 g/mol. The third kappa shape index (κ3) is 7.86. The molecule has 27 heavy (non-hydrogen) atoms. The molecule has 7 N–H and O–H groups in total. The number of carbonyl (C=O) groups excluding carboxylic acids is 2. The SMILES string of the molecule is CC(C)CC(NC(=O)C(Cc1cnc[nH]1)NC(=O)C(N)CC(=O)O)C(=O)O. The normalized spacial score (nSPS) is 14.2. The lowest BCUT2D eigenvalue weighted by molar-refractivity contribution is -0.143. The van der Waals surface area contributed by atoms with Crippen LogP contribution in [0.4, 0.5) is 0 Å². The molecule has 1 aromatic rings. The number of carboxylic acids is 2. The molecule has 3 unspecified atom stereocenters. The van der Waals surface area contributed by atoms with Crippen molar-refractivity contribution in [1.29, 1.82) is 0 Å². The van der Waals surface area contributed by atoms with Crippen molar-refractivity contribution in [3.8, 4) is 0 Å². The van der Waals surface area contributed by atoms with Crippen molar-refractivity contribution >= 4 is 23.8 Å². The zero-order valence-electron chi connectivity index (χ0n) is 15.1. The van der Waals surface area contributed by atoms with E-state index in [0.29, 0.717) is 5.69 Å². The summed E-state index contributed by atoms with van der Waals surface area (Å²) >= 11 is 0. The van der Waals surface area contributed by atoms with Crippen LogP contribution in [0.5, 0.6) is 0 Å². The minimum atomic E-state index is -1.34. The van der Waals surface area contributed by atoms with E-state index in [1.807, 2.05) is 13.8 Å². The highest BCUT2D eigenvalue weighted by atomic mass is 16.4. The van der Waals surface area contributed by atoms with E-state index in [9.17, 15) is 24.3 Å². The fourth-order valence-corrected chi connectivity index (χ4v) is 2.35. The van der Waals surface area contributed by atoms with Crippen molar-refractivity contribution < 1.29 is 29.4 Å². The molecule has 0 saturated carbocycles. The van der Waals surface area contributed by atoms with Crippen LogP contribution in [-0.4, -0.2) is 62.1 Å². The van der Waals surface area contributed by atoms with Crippen molar-refractivity contribution in [3.63, 3.8) is 0 Å². The smallest absolute Gasteiger partial charge is 0.326 e. The zero-order chi connectivity index (χ0) is 20.6. The molecule has 3 atom stereocenters. The van der Waals surface area contributed by atoms with Gasteiger partial charge in [0.1, 0.15) is 12.1 Å². The summed E-state index contributed by atoms with van der Waals surface area (Å²) < 4.78 is 0. The Morgan fingerprint density at radius 3 is 2.26 bits per heavy atom. The highest BCUT2D eigenvalue weighted by Gasteiger charge is 2.29. The van der Waals surface area contributed by atoms with E-state index in [4.69, 9.17) is 10.8 Å². The molecule has 0 aromatic carbocycles. The first-order valence-electron chi connectivity index (χ1n) is 8.38. The van der Waals surface area contributed by atoms with Gasteiger partial charge in [0.05, 0.1) is 18.8 Å². The third-order valence-electron chi connectivity index (χ3n) is 3.66. The second kappa shape index (κ2) is 10.3. The molecule has 0 aliphatic heterocycles. The predicted molar refractivity (Wildman–Crippen MR) is 93.5 cm³/mol. The van der Waals surface area contributed by atoms with Crippen molar-refractivity contribution in [2.75, 3.05) is 0 Å². The summed E-state index contributed by atoms with van der Waals surface area (Å²) in [5, 5.41) is 22.8. The van der Waals surface area contributed by atoms with E-state index < -0.39 is 48.3 Å². The maximum absolute atomic E-state index is 12.6. The fraction of sp³-hybridized carbons (Fsp3) is 0.562. The molecule has 11 heteroatoms. The number of nitrogens with one attached hydrogen (secondary N) is 3. The highest BCUT2D eigenvalue weighted by Crippen LogP contribution is 2.07. The number of nitrogens with zero attached hydrogens (tertiary/aromatic N) is 1. The predicted octanol–water partition coefficient (Wildman–Crippen LogP) is -1.15. The average Bonchev–Trinajstić information content (AvgIpc) is 3.05. The number of rotatable bonds is 11.